The quantitative estimate of drug-likeness (QED) is 0.736. The van der Waals surface area contributed by atoms with Crippen LogP contribution in [0.4, 0.5) is 5.69 Å². The van der Waals surface area contributed by atoms with Crippen LogP contribution < -0.4 is 19.7 Å². The zero-order valence-corrected chi connectivity index (χ0v) is 17.1. The molecule has 1 saturated heterocycles. The number of para-hydroxylation sites is 1. The summed E-state index contributed by atoms with van der Waals surface area (Å²) in [4.78, 5) is 25.9. The van der Waals surface area contributed by atoms with E-state index in [1.165, 1.54) is 12.0 Å². The van der Waals surface area contributed by atoms with Crippen LogP contribution in [0.15, 0.2) is 42.5 Å². The molecule has 158 valence electrons. The molecule has 0 radical (unpaired) electrons. The molecule has 4 rings (SSSR count). The van der Waals surface area contributed by atoms with Crippen LogP contribution in [0, 0.1) is 0 Å². The van der Waals surface area contributed by atoms with E-state index in [2.05, 4.69) is 17.4 Å². The first-order valence-corrected chi connectivity index (χ1v) is 10.4. The van der Waals surface area contributed by atoms with E-state index in [-0.39, 0.29) is 11.9 Å². The van der Waals surface area contributed by atoms with Crippen molar-refractivity contribution in [3.8, 4) is 11.5 Å². The zero-order valence-electron chi connectivity index (χ0n) is 17.1. The van der Waals surface area contributed by atoms with Gasteiger partial charge in [0.15, 0.2) is 18.0 Å². The predicted octanol–water partition coefficient (Wildman–Crippen LogP) is 1.99. The minimum Gasteiger partial charge on any atom is -0.490 e. The predicted molar refractivity (Wildman–Crippen MR) is 111 cm³/mol. The first-order chi connectivity index (χ1) is 14.7. The summed E-state index contributed by atoms with van der Waals surface area (Å²) in [6.45, 7) is 2.57. The van der Waals surface area contributed by atoms with E-state index in [0.717, 1.165) is 42.9 Å². The Bertz CT molecular complexity index is 930. The molecule has 2 heterocycles. The van der Waals surface area contributed by atoms with Gasteiger partial charge in [-0.1, -0.05) is 12.1 Å². The Labute approximate surface area is 175 Å². The second kappa shape index (κ2) is 9.17. The molecule has 2 aromatic carbocycles. The molecule has 7 nitrogen and oxygen atoms in total. The zero-order chi connectivity index (χ0) is 20.9. The molecule has 2 aliphatic heterocycles. The Morgan fingerprint density at radius 2 is 1.90 bits per heavy atom. The largest absolute Gasteiger partial charge is 0.490 e. The fourth-order valence-corrected chi connectivity index (χ4v) is 4.20. The van der Waals surface area contributed by atoms with Gasteiger partial charge in [0.05, 0.1) is 38.1 Å². The van der Waals surface area contributed by atoms with E-state index >= 15 is 0 Å². The Kier molecular flexibility index (Phi) is 6.18. The van der Waals surface area contributed by atoms with Crippen molar-refractivity contribution < 1.29 is 28.7 Å². The van der Waals surface area contributed by atoms with E-state index in [4.69, 9.17) is 14.2 Å². The molecule has 2 aliphatic rings. The number of hydrogen-bond acceptors (Lipinski definition) is 5. The van der Waals surface area contributed by atoms with Crippen LogP contribution in [0.2, 0.25) is 0 Å². The third kappa shape index (κ3) is 4.41. The SMILES string of the molecule is COC(=O)c1ccccc1NC(=O)C[NH+]1CCC[C@@H]1c1ccc2c(c1)OCCCO2. The summed E-state index contributed by atoms with van der Waals surface area (Å²) in [5.74, 6) is 0.979. The molecule has 0 aliphatic carbocycles. The Morgan fingerprint density at radius 1 is 1.10 bits per heavy atom. The number of likely N-dealkylation sites (tertiary alicyclic amines) is 1. The lowest BCUT2D eigenvalue weighted by Gasteiger charge is -2.22. The second-order valence-corrected chi connectivity index (χ2v) is 7.62. The van der Waals surface area contributed by atoms with Crippen LogP contribution in [0.3, 0.4) is 0 Å². The number of ether oxygens (including phenoxy) is 3. The third-order valence-electron chi connectivity index (χ3n) is 5.65. The average molecular weight is 411 g/mol. The van der Waals surface area contributed by atoms with Crippen molar-refractivity contribution in [2.24, 2.45) is 0 Å². The molecule has 2 atom stereocenters. The van der Waals surface area contributed by atoms with E-state index in [9.17, 15) is 9.59 Å². The second-order valence-electron chi connectivity index (χ2n) is 7.62. The normalized spacial score (nSPS) is 20.3. The van der Waals surface area contributed by atoms with Crippen molar-refractivity contribution >= 4 is 17.6 Å². The summed E-state index contributed by atoms with van der Waals surface area (Å²) in [6, 6.07) is 13.2. The number of benzene rings is 2. The Balaban J connectivity index is 1.45. The molecule has 0 aromatic heterocycles. The fourth-order valence-electron chi connectivity index (χ4n) is 4.20. The van der Waals surface area contributed by atoms with Gasteiger partial charge in [0.1, 0.15) is 6.04 Å². The highest BCUT2D eigenvalue weighted by atomic mass is 16.5. The number of anilines is 1. The molecule has 2 aromatic rings. The van der Waals surface area contributed by atoms with Gasteiger partial charge < -0.3 is 24.4 Å². The first-order valence-electron chi connectivity index (χ1n) is 10.4. The highest BCUT2D eigenvalue weighted by Crippen LogP contribution is 2.33. The van der Waals surface area contributed by atoms with Gasteiger partial charge in [-0.2, -0.15) is 0 Å². The number of esters is 1. The molecule has 0 saturated carbocycles. The molecule has 1 fully saturated rings. The number of amides is 1. The summed E-state index contributed by atoms with van der Waals surface area (Å²) < 4.78 is 16.4. The summed E-state index contributed by atoms with van der Waals surface area (Å²) in [6.07, 6.45) is 2.94. The summed E-state index contributed by atoms with van der Waals surface area (Å²) >= 11 is 0. The van der Waals surface area contributed by atoms with Crippen molar-refractivity contribution in [1.29, 1.82) is 0 Å². The van der Waals surface area contributed by atoms with Crippen LogP contribution in [-0.4, -0.2) is 45.3 Å². The number of methoxy groups -OCH3 is 1. The summed E-state index contributed by atoms with van der Waals surface area (Å²) in [5, 5.41) is 2.88. The summed E-state index contributed by atoms with van der Waals surface area (Å²) in [5.41, 5.74) is 1.99. The van der Waals surface area contributed by atoms with Crippen LogP contribution in [0.25, 0.3) is 0 Å². The molecule has 1 unspecified atom stereocenters. The standard InChI is InChI=1S/C23H26N2O5/c1-28-23(27)17-6-2-3-7-18(17)24-22(26)15-25-11-4-8-19(25)16-9-10-20-21(14-16)30-13-5-12-29-20/h2-3,6-7,9-10,14,19H,4-5,8,11-13,15H2,1H3,(H,24,26)/p+1/t19-/m1/s1. The van der Waals surface area contributed by atoms with Crippen LogP contribution in [0.5, 0.6) is 11.5 Å². The third-order valence-corrected chi connectivity index (χ3v) is 5.65. The average Bonchev–Trinajstić information content (AvgIpc) is 3.08. The van der Waals surface area contributed by atoms with E-state index < -0.39 is 5.97 Å². The topological polar surface area (TPSA) is 78.3 Å². The number of fused-ring (bicyclic) bond motifs is 1. The highest BCUT2D eigenvalue weighted by molar-refractivity contribution is 6.01. The smallest absolute Gasteiger partial charge is 0.339 e. The van der Waals surface area contributed by atoms with Crippen LogP contribution in [-0.2, 0) is 9.53 Å². The first kappa shape index (κ1) is 20.2. The molecule has 0 bridgehead atoms. The molecule has 2 N–H and O–H groups in total. The van der Waals surface area contributed by atoms with Crippen molar-refractivity contribution in [3.05, 3.63) is 53.6 Å². The van der Waals surface area contributed by atoms with Gasteiger partial charge in [-0.05, 0) is 30.3 Å². The van der Waals surface area contributed by atoms with Crippen molar-refractivity contribution in [3.63, 3.8) is 0 Å². The number of nitrogens with one attached hydrogen (secondary N) is 2. The maximum atomic E-state index is 12.8. The highest BCUT2D eigenvalue weighted by Gasteiger charge is 2.32. The van der Waals surface area contributed by atoms with Gasteiger partial charge in [-0.3, -0.25) is 4.79 Å². The summed E-state index contributed by atoms with van der Waals surface area (Å²) in [7, 11) is 1.33. The number of quaternary nitrogens is 1. The van der Waals surface area contributed by atoms with E-state index in [1.54, 1.807) is 24.3 Å². The van der Waals surface area contributed by atoms with Crippen LogP contribution >= 0.6 is 0 Å². The van der Waals surface area contributed by atoms with Crippen LogP contribution in [0.1, 0.15) is 41.2 Å². The lowest BCUT2D eigenvalue weighted by atomic mass is 10.0. The Hall–Kier alpha value is -3.06. The lowest BCUT2D eigenvalue weighted by Crippen LogP contribution is -3.11. The monoisotopic (exact) mass is 411 g/mol. The molecule has 30 heavy (non-hydrogen) atoms. The maximum Gasteiger partial charge on any atom is 0.339 e. The van der Waals surface area contributed by atoms with Crippen molar-refractivity contribution in [2.45, 2.75) is 25.3 Å². The van der Waals surface area contributed by atoms with Gasteiger partial charge in [0, 0.05) is 24.8 Å². The minimum absolute atomic E-state index is 0.123. The minimum atomic E-state index is -0.468. The van der Waals surface area contributed by atoms with E-state index in [1.807, 2.05) is 6.07 Å². The molecule has 7 heteroatoms. The van der Waals surface area contributed by atoms with Gasteiger partial charge in [0.25, 0.3) is 5.91 Å². The number of carbonyl (C=O) groups excluding carboxylic acids is 2. The maximum absolute atomic E-state index is 12.8. The molecule has 1 amide bonds. The van der Waals surface area contributed by atoms with Crippen molar-refractivity contribution in [1.82, 2.24) is 0 Å². The van der Waals surface area contributed by atoms with Crippen molar-refractivity contribution in [2.75, 3.05) is 38.7 Å². The van der Waals surface area contributed by atoms with Gasteiger partial charge in [-0.25, -0.2) is 4.79 Å². The number of hydrogen-bond donors (Lipinski definition) is 2. The molecule has 0 spiro atoms. The number of rotatable bonds is 5. The lowest BCUT2D eigenvalue weighted by molar-refractivity contribution is -0.910. The molecular formula is C23H27N2O5+. The van der Waals surface area contributed by atoms with Gasteiger partial charge >= 0.3 is 5.97 Å². The fraction of sp³-hybridized carbons (Fsp3) is 0.391. The van der Waals surface area contributed by atoms with Gasteiger partial charge in [-0.15, -0.1) is 0 Å². The Morgan fingerprint density at radius 3 is 2.73 bits per heavy atom. The number of carbonyl (C=O) groups is 2. The molecular weight excluding hydrogens is 384 g/mol. The van der Waals surface area contributed by atoms with E-state index in [0.29, 0.717) is 31.0 Å². The van der Waals surface area contributed by atoms with Gasteiger partial charge in [0.2, 0.25) is 0 Å².